The predicted molar refractivity (Wildman–Crippen MR) is 119 cm³/mol. The number of fused-ring (bicyclic) bond motifs is 3. The van der Waals surface area contributed by atoms with Crippen molar-refractivity contribution >= 4 is 21.9 Å². The van der Waals surface area contributed by atoms with Crippen LogP contribution in [0.5, 0.6) is 0 Å². The Balaban J connectivity index is 1.85. The van der Waals surface area contributed by atoms with Gasteiger partial charge in [0.15, 0.2) is 5.82 Å². The van der Waals surface area contributed by atoms with Crippen molar-refractivity contribution in [1.29, 1.82) is 0 Å². The number of pyridine rings is 1. The molecule has 0 amide bonds. The van der Waals surface area contributed by atoms with Crippen LogP contribution < -0.4 is 5.56 Å². The summed E-state index contributed by atoms with van der Waals surface area (Å²) in [5.41, 5.74) is 6.70. The highest BCUT2D eigenvalue weighted by Gasteiger charge is 2.18. The molecule has 0 radical (unpaired) electrons. The van der Waals surface area contributed by atoms with E-state index in [0.717, 1.165) is 38.6 Å². The number of aromatic nitrogens is 4. The molecule has 5 rings (SSSR count). The van der Waals surface area contributed by atoms with Crippen molar-refractivity contribution < 1.29 is 4.52 Å². The summed E-state index contributed by atoms with van der Waals surface area (Å²) in [6, 6.07) is 14.3. The van der Waals surface area contributed by atoms with E-state index >= 15 is 0 Å². The first-order valence-corrected chi connectivity index (χ1v) is 9.85. The normalized spacial score (nSPS) is 11.6. The van der Waals surface area contributed by atoms with Gasteiger partial charge in [0.25, 0.3) is 11.4 Å². The lowest BCUT2D eigenvalue weighted by atomic mass is 9.98. The molecule has 150 valence electrons. The Bertz CT molecular complexity index is 1520. The average molecular weight is 398 g/mol. The van der Waals surface area contributed by atoms with E-state index < -0.39 is 0 Å². The van der Waals surface area contributed by atoms with Crippen LogP contribution in [0.4, 0.5) is 0 Å². The predicted octanol–water partition coefficient (Wildman–Crippen LogP) is 4.67. The van der Waals surface area contributed by atoms with Gasteiger partial charge in [-0.15, -0.1) is 0 Å². The molecule has 5 aromatic rings. The molecule has 0 N–H and O–H groups in total. The molecule has 0 saturated heterocycles. The third kappa shape index (κ3) is 2.60. The van der Waals surface area contributed by atoms with E-state index in [4.69, 9.17) is 4.52 Å². The molecule has 30 heavy (non-hydrogen) atoms. The summed E-state index contributed by atoms with van der Waals surface area (Å²) in [6.07, 6.45) is 0. The van der Waals surface area contributed by atoms with Gasteiger partial charge in [-0.3, -0.25) is 9.36 Å². The first kappa shape index (κ1) is 18.4. The van der Waals surface area contributed by atoms with E-state index in [1.807, 2.05) is 51.4 Å². The first-order chi connectivity index (χ1) is 14.3. The van der Waals surface area contributed by atoms with Crippen molar-refractivity contribution in [2.75, 3.05) is 0 Å². The van der Waals surface area contributed by atoms with Crippen molar-refractivity contribution in [2.24, 2.45) is 14.1 Å². The lowest BCUT2D eigenvalue weighted by molar-refractivity contribution is 0.425. The van der Waals surface area contributed by atoms with E-state index in [1.165, 1.54) is 5.56 Å². The molecule has 0 fully saturated rings. The Morgan fingerprint density at radius 3 is 2.37 bits per heavy atom. The summed E-state index contributed by atoms with van der Waals surface area (Å²) in [6.45, 7) is 5.91. The third-order valence-electron chi connectivity index (χ3n) is 5.79. The topological polar surface area (TPSA) is 65.8 Å². The fourth-order valence-electron chi connectivity index (χ4n) is 4.35. The summed E-state index contributed by atoms with van der Waals surface area (Å²) in [5, 5.41) is 5.96. The molecule has 0 saturated carbocycles. The van der Waals surface area contributed by atoms with Gasteiger partial charge < -0.3 is 9.09 Å². The molecule has 0 bridgehead atoms. The molecular weight excluding hydrogens is 376 g/mol. The molecular formula is C24H22N4O2. The molecule has 0 unspecified atom stereocenters. The van der Waals surface area contributed by atoms with Gasteiger partial charge in [0, 0.05) is 36.0 Å². The van der Waals surface area contributed by atoms with Crippen LogP contribution in [0.15, 0.2) is 51.8 Å². The minimum atomic E-state index is -0.00638. The highest BCUT2D eigenvalue weighted by molar-refractivity contribution is 6.09. The Hall–Kier alpha value is -3.67. The summed E-state index contributed by atoms with van der Waals surface area (Å²) in [7, 11) is 3.82. The van der Waals surface area contributed by atoms with Crippen molar-refractivity contribution in [1.82, 2.24) is 19.3 Å². The minimum absolute atomic E-state index is 0.00638. The van der Waals surface area contributed by atoms with Crippen LogP contribution in [0, 0.1) is 20.8 Å². The fraction of sp³-hybridized carbons (Fsp3) is 0.208. The van der Waals surface area contributed by atoms with Crippen molar-refractivity contribution in [2.45, 2.75) is 20.8 Å². The number of benzene rings is 2. The second-order valence-corrected chi connectivity index (χ2v) is 7.92. The van der Waals surface area contributed by atoms with E-state index in [2.05, 4.69) is 33.8 Å². The van der Waals surface area contributed by atoms with Crippen molar-refractivity contribution in [3.63, 3.8) is 0 Å². The van der Waals surface area contributed by atoms with Crippen LogP contribution in [0.3, 0.4) is 0 Å². The molecule has 0 atom stereocenters. The summed E-state index contributed by atoms with van der Waals surface area (Å²) < 4.78 is 9.15. The lowest BCUT2D eigenvalue weighted by Crippen LogP contribution is -2.20. The standard InChI is InChI=1S/C24H22N4O2/c1-13-6-8-17(14(2)10-13)20-12-19-18-11-16(22-25-15(3)26-30-22)7-9-21(18)27(4)23(19)28(5)24(20)29/h6-12H,1-5H3. The second-order valence-electron chi connectivity index (χ2n) is 7.92. The molecule has 6 nitrogen and oxygen atoms in total. The van der Waals surface area contributed by atoms with Gasteiger partial charge in [0.1, 0.15) is 5.65 Å². The Morgan fingerprint density at radius 2 is 1.67 bits per heavy atom. The third-order valence-corrected chi connectivity index (χ3v) is 5.79. The van der Waals surface area contributed by atoms with E-state index in [1.54, 1.807) is 11.5 Å². The molecule has 0 aliphatic carbocycles. The van der Waals surface area contributed by atoms with Gasteiger partial charge in [-0.25, -0.2) is 0 Å². The number of aryl methyl sites for hydroxylation is 5. The monoisotopic (exact) mass is 398 g/mol. The highest BCUT2D eigenvalue weighted by Crippen LogP contribution is 2.33. The maximum absolute atomic E-state index is 13.3. The van der Waals surface area contributed by atoms with Crippen molar-refractivity contribution in [3.05, 3.63) is 69.8 Å². The summed E-state index contributed by atoms with van der Waals surface area (Å²) in [5.74, 6) is 1.09. The highest BCUT2D eigenvalue weighted by atomic mass is 16.5. The zero-order chi connectivity index (χ0) is 21.2. The van der Waals surface area contributed by atoms with Gasteiger partial charge in [0.05, 0.1) is 5.52 Å². The maximum Gasteiger partial charge on any atom is 0.259 e. The second kappa shape index (κ2) is 6.42. The number of hydrogen-bond donors (Lipinski definition) is 0. The minimum Gasteiger partial charge on any atom is -0.334 e. The molecule has 0 aliphatic rings. The van der Waals surface area contributed by atoms with Crippen molar-refractivity contribution in [3.8, 4) is 22.6 Å². The molecule has 3 aromatic heterocycles. The van der Waals surface area contributed by atoms with E-state index in [0.29, 0.717) is 17.3 Å². The zero-order valence-corrected chi connectivity index (χ0v) is 17.6. The van der Waals surface area contributed by atoms with Crippen LogP contribution in [0.1, 0.15) is 17.0 Å². The van der Waals surface area contributed by atoms with Gasteiger partial charge in [0.2, 0.25) is 0 Å². The number of hydrogen-bond acceptors (Lipinski definition) is 4. The molecule has 0 aliphatic heterocycles. The lowest BCUT2D eigenvalue weighted by Gasteiger charge is -2.10. The molecule has 3 heterocycles. The first-order valence-electron chi connectivity index (χ1n) is 9.85. The van der Waals surface area contributed by atoms with Gasteiger partial charge in [-0.1, -0.05) is 28.9 Å². The molecule has 6 heteroatoms. The Morgan fingerprint density at radius 1 is 0.867 bits per heavy atom. The smallest absolute Gasteiger partial charge is 0.259 e. The SMILES string of the molecule is Cc1ccc(-c2cc3c4cc(-c5nc(C)no5)ccc4n(C)c3n(C)c2=O)c(C)c1. The number of nitrogens with zero attached hydrogens (tertiary/aromatic N) is 4. The zero-order valence-electron chi connectivity index (χ0n) is 17.6. The summed E-state index contributed by atoms with van der Waals surface area (Å²) >= 11 is 0. The quantitative estimate of drug-likeness (QED) is 0.433. The van der Waals surface area contributed by atoms with E-state index in [-0.39, 0.29) is 5.56 Å². The van der Waals surface area contributed by atoms with Gasteiger partial charge in [-0.05, 0) is 56.2 Å². The van der Waals surface area contributed by atoms with Gasteiger partial charge in [-0.2, -0.15) is 4.98 Å². The van der Waals surface area contributed by atoms with E-state index in [9.17, 15) is 4.79 Å². The Labute approximate surface area is 173 Å². The maximum atomic E-state index is 13.3. The fourth-order valence-corrected chi connectivity index (χ4v) is 4.35. The average Bonchev–Trinajstić information content (AvgIpc) is 3.26. The van der Waals surface area contributed by atoms with Gasteiger partial charge >= 0.3 is 0 Å². The summed E-state index contributed by atoms with van der Waals surface area (Å²) in [4.78, 5) is 17.6. The number of rotatable bonds is 2. The molecule has 2 aromatic carbocycles. The molecule has 0 spiro atoms. The van der Waals surface area contributed by atoms with Crippen LogP contribution in [0.2, 0.25) is 0 Å². The van der Waals surface area contributed by atoms with Crippen LogP contribution in [-0.4, -0.2) is 19.3 Å². The van der Waals surface area contributed by atoms with Crippen LogP contribution in [-0.2, 0) is 14.1 Å². The largest absolute Gasteiger partial charge is 0.334 e. The van der Waals surface area contributed by atoms with Crippen LogP contribution >= 0.6 is 0 Å². The van der Waals surface area contributed by atoms with Crippen LogP contribution in [0.25, 0.3) is 44.5 Å². The Kier molecular flexibility index (Phi) is 3.93.